The number of aliphatic carboxylic acids is 1. The van der Waals surface area contributed by atoms with E-state index in [1.165, 1.54) is 0 Å². The lowest BCUT2D eigenvalue weighted by atomic mass is 9.98. The number of hydrogen-bond acceptors (Lipinski definition) is 4. The van der Waals surface area contributed by atoms with E-state index in [1.54, 1.807) is 0 Å². The van der Waals surface area contributed by atoms with Gasteiger partial charge in [-0.3, -0.25) is 0 Å². The van der Waals surface area contributed by atoms with Crippen molar-refractivity contribution in [2.75, 3.05) is 19.8 Å². The van der Waals surface area contributed by atoms with E-state index in [0.717, 1.165) is 0 Å². The van der Waals surface area contributed by atoms with E-state index < -0.39 is 18.0 Å². The molecule has 7 heteroatoms. The molecule has 1 heterocycles. The first-order valence-corrected chi connectivity index (χ1v) is 6.03. The number of aliphatic hydroxyl groups is 1. The number of amides is 2. The van der Waals surface area contributed by atoms with Crippen molar-refractivity contribution in [3.63, 3.8) is 0 Å². The van der Waals surface area contributed by atoms with E-state index in [-0.39, 0.29) is 25.0 Å². The predicted molar refractivity (Wildman–Crippen MR) is 63.2 cm³/mol. The van der Waals surface area contributed by atoms with Crippen LogP contribution in [0.2, 0.25) is 0 Å². The highest BCUT2D eigenvalue weighted by Gasteiger charge is 2.25. The molecule has 2 unspecified atom stereocenters. The molecule has 1 fully saturated rings. The monoisotopic (exact) mass is 260 g/mol. The molecule has 2 amide bonds. The number of carbonyl (C=O) groups is 2. The Bertz CT molecular complexity index is 297. The highest BCUT2D eigenvalue weighted by molar-refractivity contribution is 5.82. The van der Waals surface area contributed by atoms with Gasteiger partial charge in [-0.15, -0.1) is 0 Å². The van der Waals surface area contributed by atoms with Gasteiger partial charge >= 0.3 is 12.0 Å². The smallest absolute Gasteiger partial charge is 0.326 e. The number of carboxylic acid groups (broad SMARTS) is 1. The average molecular weight is 260 g/mol. The summed E-state index contributed by atoms with van der Waals surface area (Å²) < 4.78 is 5.25. The van der Waals surface area contributed by atoms with Gasteiger partial charge in [-0.2, -0.15) is 0 Å². The average Bonchev–Trinajstić information content (AvgIpc) is 2.31. The summed E-state index contributed by atoms with van der Waals surface area (Å²) >= 11 is 0. The molecule has 3 atom stereocenters. The summed E-state index contributed by atoms with van der Waals surface area (Å²) in [6.07, 6.45) is 0.707. The summed E-state index contributed by atoms with van der Waals surface area (Å²) in [7, 11) is 0. The molecule has 1 saturated heterocycles. The molecule has 7 nitrogen and oxygen atoms in total. The third kappa shape index (κ3) is 4.50. The van der Waals surface area contributed by atoms with Crippen LogP contribution < -0.4 is 10.6 Å². The summed E-state index contributed by atoms with van der Waals surface area (Å²) in [6.45, 7) is 2.86. The molecule has 0 aromatic rings. The summed E-state index contributed by atoms with van der Waals surface area (Å²) in [6, 6.07) is -1.60. The van der Waals surface area contributed by atoms with Gasteiger partial charge < -0.3 is 25.6 Å². The van der Waals surface area contributed by atoms with Crippen LogP contribution in [0.15, 0.2) is 0 Å². The van der Waals surface area contributed by atoms with E-state index in [2.05, 4.69) is 10.6 Å². The second-order valence-electron chi connectivity index (χ2n) is 4.47. The van der Waals surface area contributed by atoms with E-state index in [0.29, 0.717) is 19.6 Å². The van der Waals surface area contributed by atoms with Crippen molar-refractivity contribution in [2.45, 2.75) is 31.8 Å². The Morgan fingerprint density at radius 1 is 1.50 bits per heavy atom. The Morgan fingerprint density at radius 2 is 2.22 bits per heavy atom. The van der Waals surface area contributed by atoms with E-state index in [9.17, 15) is 9.59 Å². The Kier molecular flexibility index (Phi) is 5.87. The van der Waals surface area contributed by atoms with Crippen molar-refractivity contribution in [3.05, 3.63) is 0 Å². The van der Waals surface area contributed by atoms with E-state index >= 15 is 0 Å². The van der Waals surface area contributed by atoms with Crippen LogP contribution in [0.5, 0.6) is 0 Å². The molecule has 0 aromatic heterocycles. The van der Waals surface area contributed by atoms with Gasteiger partial charge in [-0.25, -0.2) is 9.59 Å². The van der Waals surface area contributed by atoms with Crippen LogP contribution in [0.25, 0.3) is 0 Å². The summed E-state index contributed by atoms with van der Waals surface area (Å²) in [4.78, 5) is 22.4. The molecule has 0 bridgehead atoms. The van der Waals surface area contributed by atoms with Crippen LogP contribution >= 0.6 is 0 Å². The Morgan fingerprint density at radius 3 is 2.78 bits per heavy atom. The number of hydrogen-bond donors (Lipinski definition) is 4. The number of nitrogens with one attached hydrogen (secondary N) is 2. The fourth-order valence-corrected chi connectivity index (χ4v) is 1.85. The fraction of sp³-hybridized carbons (Fsp3) is 0.818. The largest absolute Gasteiger partial charge is 0.480 e. The lowest BCUT2D eigenvalue weighted by Crippen LogP contribution is -2.52. The number of urea groups is 1. The first kappa shape index (κ1) is 14.7. The standard InChI is InChI=1S/C11H20N2O5/c1-7-6-18-5-3-8(7)12-11(17)13-9(2-4-14)10(15)16/h7-9,14H,2-6H2,1H3,(H,15,16)(H2,12,13,17)/t7?,8?,9-/m0/s1. The second kappa shape index (κ2) is 7.17. The minimum absolute atomic E-state index is 0.00785. The first-order valence-electron chi connectivity index (χ1n) is 6.03. The third-order valence-corrected chi connectivity index (χ3v) is 2.98. The highest BCUT2D eigenvalue weighted by atomic mass is 16.5. The minimum Gasteiger partial charge on any atom is -0.480 e. The molecule has 1 aliphatic rings. The highest BCUT2D eigenvalue weighted by Crippen LogP contribution is 2.13. The van der Waals surface area contributed by atoms with Crippen LogP contribution in [-0.2, 0) is 9.53 Å². The zero-order valence-corrected chi connectivity index (χ0v) is 10.4. The molecule has 18 heavy (non-hydrogen) atoms. The molecule has 4 N–H and O–H groups in total. The molecule has 1 aliphatic heterocycles. The summed E-state index contributed by atoms with van der Waals surface area (Å²) in [5.41, 5.74) is 0. The van der Waals surface area contributed by atoms with Crippen LogP contribution in [0.1, 0.15) is 19.8 Å². The Balaban J connectivity index is 2.41. The normalized spacial score (nSPS) is 25.2. The topological polar surface area (TPSA) is 108 Å². The lowest BCUT2D eigenvalue weighted by molar-refractivity contribution is -0.139. The zero-order chi connectivity index (χ0) is 13.5. The van der Waals surface area contributed by atoms with Crippen LogP contribution in [0.4, 0.5) is 4.79 Å². The predicted octanol–water partition coefficient (Wildman–Crippen LogP) is -0.454. The molecule has 1 rings (SSSR count). The number of carboxylic acids is 1. The van der Waals surface area contributed by atoms with Gasteiger partial charge in [0, 0.05) is 25.7 Å². The molecule has 0 spiro atoms. The molecule has 0 aliphatic carbocycles. The fourth-order valence-electron chi connectivity index (χ4n) is 1.85. The third-order valence-electron chi connectivity index (χ3n) is 2.98. The lowest BCUT2D eigenvalue weighted by Gasteiger charge is -2.30. The molecule has 0 saturated carbocycles. The number of aliphatic hydroxyl groups excluding tert-OH is 1. The quantitative estimate of drug-likeness (QED) is 0.535. The number of ether oxygens (including phenoxy) is 1. The van der Waals surface area contributed by atoms with E-state index in [1.807, 2.05) is 6.92 Å². The second-order valence-corrected chi connectivity index (χ2v) is 4.47. The van der Waals surface area contributed by atoms with Crippen LogP contribution in [-0.4, -0.2) is 54.1 Å². The van der Waals surface area contributed by atoms with Gasteiger partial charge in [0.2, 0.25) is 0 Å². The van der Waals surface area contributed by atoms with Crippen molar-refractivity contribution < 1.29 is 24.5 Å². The van der Waals surface area contributed by atoms with Crippen molar-refractivity contribution in [1.29, 1.82) is 0 Å². The Labute approximate surface area is 106 Å². The molecular formula is C11H20N2O5. The van der Waals surface area contributed by atoms with Crippen molar-refractivity contribution in [1.82, 2.24) is 10.6 Å². The minimum atomic E-state index is -1.15. The molecular weight excluding hydrogens is 240 g/mol. The summed E-state index contributed by atoms with van der Waals surface area (Å²) in [5, 5.41) is 22.6. The maximum Gasteiger partial charge on any atom is 0.326 e. The maximum atomic E-state index is 11.6. The van der Waals surface area contributed by atoms with Crippen LogP contribution in [0.3, 0.4) is 0 Å². The maximum absolute atomic E-state index is 11.6. The van der Waals surface area contributed by atoms with Gasteiger partial charge in [-0.1, -0.05) is 6.92 Å². The SMILES string of the molecule is CC1COCCC1NC(=O)N[C@@H](CCO)C(=O)O. The molecule has 0 aromatic carbocycles. The first-order chi connectivity index (χ1) is 8.54. The van der Waals surface area contributed by atoms with Gasteiger partial charge in [0.05, 0.1) is 6.61 Å². The summed E-state index contributed by atoms with van der Waals surface area (Å²) in [5.74, 6) is -0.954. The number of rotatable bonds is 5. The zero-order valence-electron chi connectivity index (χ0n) is 10.4. The Hall–Kier alpha value is -1.34. The molecule has 0 radical (unpaired) electrons. The van der Waals surface area contributed by atoms with Gasteiger partial charge in [0.1, 0.15) is 6.04 Å². The van der Waals surface area contributed by atoms with Gasteiger partial charge in [0.25, 0.3) is 0 Å². The van der Waals surface area contributed by atoms with Gasteiger partial charge in [-0.05, 0) is 12.3 Å². The van der Waals surface area contributed by atoms with Crippen molar-refractivity contribution in [3.8, 4) is 0 Å². The number of carbonyl (C=O) groups excluding carboxylic acids is 1. The van der Waals surface area contributed by atoms with Crippen molar-refractivity contribution in [2.24, 2.45) is 5.92 Å². The molecule has 104 valence electrons. The van der Waals surface area contributed by atoms with E-state index in [4.69, 9.17) is 14.9 Å². The van der Waals surface area contributed by atoms with Crippen molar-refractivity contribution >= 4 is 12.0 Å². The van der Waals surface area contributed by atoms with Gasteiger partial charge in [0.15, 0.2) is 0 Å². The van der Waals surface area contributed by atoms with Crippen LogP contribution in [0, 0.1) is 5.92 Å².